The van der Waals surface area contributed by atoms with Crippen molar-refractivity contribution in [2.24, 2.45) is 0 Å². The number of carbonyl (C=O) groups excluding carboxylic acids is 1. The lowest BCUT2D eigenvalue weighted by atomic mass is 10.1. The fraction of sp³-hybridized carbons (Fsp3) is 0.357. The lowest BCUT2D eigenvalue weighted by Crippen LogP contribution is -2.33. The van der Waals surface area contributed by atoms with Crippen LogP contribution < -0.4 is 10.1 Å². The number of benzene rings is 1. The maximum Gasteiger partial charge on any atom is 0.256 e. The number of carbonyl (C=O) groups is 1. The molecule has 1 atom stereocenters. The highest BCUT2D eigenvalue weighted by atomic mass is 16.5. The van der Waals surface area contributed by atoms with E-state index in [0.717, 1.165) is 6.42 Å². The smallest absolute Gasteiger partial charge is 0.256 e. The summed E-state index contributed by atoms with van der Waals surface area (Å²) >= 11 is 0. The van der Waals surface area contributed by atoms with Crippen LogP contribution in [-0.4, -0.2) is 24.2 Å². The minimum Gasteiger partial charge on any atom is -0.507 e. The number of amides is 1. The highest BCUT2D eigenvalue weighted by Gasteiger charge is 2.15. The molecule has 1 amide bonds. The van der Waals surface area contributed by atoms with Crippen LogP contribution in [-0.2, 0) is 0 Å². The molecule has 1 unspecified atom stereocenters. The zero-order chi connectivity index (χ0) is 13.5. The molecule has 1 aromatic rings. The molecule has 18 heavy (non-hydrogen) atoms. The second kappa shape index (κ2) is 6.55. The van der Waals surface area contributed by atoms with Crippen molar-refractivity contribution in [2.75, 3.05) is 7.11 Å². The van der Waals surface area contributed by atoms with Crippen LogP contribution in [0.4, 0.5) is 0 Å². The molecule has 0 saturated heterocycles. The monoisotopic (exact) mass is 247 g/mol. The predicted molar refractivity (Wildman–Crippen MR) is 69.7 cm³/mol. The first-order chi connectivity index (χ1) is 8.62. The van der Waals surface area contributed by atoms with Gasteiger partial charge in [-0.1, -0.05) is 19.3 Å². The van der Waals surface area contributed by atoms with Crippen molar-refractivity contribution in [3.63, 3.8) is 0 Å². The molecule has 0 spiro atoms. The third-order valence-corrected chi connectivity index (χ3v) is 2.53. The van der Waals surface area contributed by atoms with E-state index in [2.05, 4.69) is 11.2 Å². The minimum absolute atomic E-state index is 0.0967. The quantitative estimate of drug-likeness (QED) is 0.782. The fourth-order valence-corrected chi connectivity index (χ4v) is 1.55. The number of terminal acetylenes is 1. The zero-order valence-electron chi connectivity index (χ0n) is 10.6. The van der Waals surface area contributed by atoms with E-state index in [1.165, 1.54) is 19.2 Å². The molecule has 0 radical (unpaired) electrons. The Hall–Kier alpha value is -2.15. The molecular formula is C14H17NO3. The number of hydrogen-bond acceptors (Lipinski definition) is 3. The van der Waals surface area contributed by atoms with Crippen molar-refractivity contribution in [1.29, 1.82) is 0 Å². The van der Waals surface area contributed by atoms with E-state index < -0.39 is 5.91 Å². The first-order valence-corrected chi connectivity index (χ1v) is 5.76. The molecule has 96 valence electrons. The Kier molecular flexibility index (Phi) is 5.06. The highest BCUT2D eigenvalue weighted by Crippen LogP contribution is 2.22. The summed E-state index contributed by atoms with van der Waals surface area (Å²) in [6.07, 6.45) is 6.90. The molecule has 0 saturated carbocycles. The molecule has 0 bridgehead atoms. The van der Waals surface area contributed by atoms with Gasteiger partial charge in [-0.2, -0.15) is 0 Å². The van der Waals surface area contributed by atoms with Gasteiger partial charge in [-0.25, -0.2) is 0 Å². The Labute approximate surface area is 107 Å². The van der Waals surface area contributed by atoms with Crippen molar-refractivity contribution in [3.05, 3.63) is 23.8 Å². The van der Waals surface area contributed by atoms with Gasteiger partial charge in [0.15, 0.2) is 0 Å². The third kappa shape index (κ3) is 3.42. The summed E-state index contributed by atoms with van der Waals surface area (Å²) < 4.78 is 5.01. The Balaban J connectivity index is 2.86. The molecule has 4 nitrogen and oxygen atoms in total. The molecule has 0 aliphatic heterocycles. The van der Waals surface area contributed by atoms with Crippen molar-refractivity contribution in [3.8, 4) is 23.8 Å². The molecule has 0 heterocycles. The van der Waals surface area contributed by atoms with Crippen LogP contribution in [0.25, 0.3) is 0 Å². The van der Waals surface area contributed by atoms with Crippen LogP contribution in [0.2, 0.25) is 0 Å². The van der Waals surface area contributed by atoms with E-state index >= 15 is 0 Å². The second-order valence-electron chi connectivity index (χ2n) is 3.86. The van der Waals surface area contributed by atoms with E-state index in [-0.39, 0.29) is 17.4 Å². The van der Waals surface area contributed by atoms with Gasteiger partial charge in [0.2, 0.25) is 0 Å². The summed E-state index contributed by atoms with van der Waals surface area (Å²) in [6, 6.07) is 4.15. The number of rotatable bonds is 5. The van der Waals surface area contributed by atoms with Crippen molar-refractivity contribution in [2.45, 2.75) is 25.8 Å². The van der Waals surface area contributed by atoms with Crippen LogP contribution in [0.3, 0.4) is 0 Å². The van der Waals surface area contributed by atoms with Crippen LogP contribution in [0.15, 0.2) is 18.2 Å². The predicted octanol–water partition coefficient (Wildman–Crippen LogP) is 1.93. The molecule has 0 fully saturated rings. The third-order valence-electron chi connectivity index (χ3n) is 2.53. The SMILES string of the molecule is C#CC(CCC)NC(=O)c1cc(OC)ccc1O. The van der Waals surface area contributed by atoms with Crippen molar-refractivity contribution < 1.29 is 14.6 Å². The zero-order valence-corrected chi connectivity index (χ0v) is 10.6. The molecule has 1 aromatic carbocycles. The molecule has 0 aliphatic carbocycles. The topological polar surface area (TPSA) is 58.6 Å². The summed E-state index contributed by atoms with van der Waals surface area (Å²) in [5.41, 5.74) is 0.158. The van der Waals surface area contributed by atoms with Gasteiger partial charge in [-0.15, -0.1) is 6.42 Å². The number of nitrogens with one attached hydrogen (secondary N) is 1. The van der Waals surface area contributed by atoms with Gasteiger partial charge < -0.3 is 15.2 Å². The lowest BCUT2D eigenvalue weighted by molar-refractivity contribution is 0.0941. The number of ether oxygens (including phenoxy) is 1. The van der Waals surface area contributed by atoms with Crippen LogP contribution in [0.1, 0.15) is 30.1 Å². The number of phenols is 1. The van der Waals surface area contributed by atoms with Gasteiger partial charge in [0.05, 0.1) is 18.7 Å². The Morgan fingerprint density at radius 3 is 2.89 bits per heavy atom. The van der Waals surface area contributed by atoms with Gasteiger partial charge in [-0.05, 0) is 24.6 Å². The van der Waals surface area contributed by atoms with Gasteiger partial charge >= 0.3 is 0 Å². The summed E-state index contributed by atoms with van der Waals surface area (Å²) in [4.78, 5) is 12.0. The summed E-state index contributed by atoms with van der Waals surface area (Å²) in [7, 11) is 1.50. The standard InChI is InChI=1S/C14H17NO3/c1-4-6-10(5-2)15-14(17)12-9-11(18-3)7-8-13(12)16/h2,7-10,16H,4,6H2,1,3H3,(H,15,17). The molecule has 4 heteroatoms. The summed E-state index contributed by atoms with van der Waals surface area (Å²) in [5.74, 6) is 2.52. The van der Waals surface area contributed by atoms with E-state index in [4.69, 9.17) is 11.2 Å². The molecular weight excluding hydrogens is 230 g/mol. The molecule has 2 N–H and O–H groups in total. The van der Waals surface area contributed by atoms with E-state index in [1.54, 1.807) is 6.07 Å². The first-order valence-electron chi connectivity index (χ1n) is 5.76. The highest BCUT2D eigenvalue weighted by molar-refractivity contribution is 5.97. The van der Waals surface area contributed by atoms with Gasteiger partial charge in [0, 0.05) is 0 Å². The normalized spacial score (nSPS) is 11.4. The Morgan fingerprint density at radius 2 is 2.33 bits per heavy atom. The number of phenolic OH excluding ortho intramolecular Hbond substituents is 1. The first kappa shape index (κ1) is 13.9. The second-order valence-corrected chi connectivity index (χ2v) is 3.86. The fourth-order valence-electron chi connectivity index (χ4n) is 1.55. The maximum absolute atomic E-state index is 12.0. The van der Waals surface area contributed by atoms with E-state index in [9.17, 15) is 9.90 Å². The van der Waals surface area contributed by atoms with Crippen molar-refractivity contribution >= 4 is 5.91 Å². The summed E-state index contributed by atoms with van der Waals surface area (Å²) in [5, 5.41) is 12.3. The number of hydrogen-bond donors (Lipinski definition) is 2. The number of aromatic hydroxyl groups is 1. The van der Waals surface area contributed by atoms with Crippen LogP contribution in [0, 0.1) is 12.3 Å². The Morgan fingerprint density at radius 1 is 1.61 bits per heavy atom. The molecule has 0 aromatic heterocycles. The van der Waals surface area contributed by atoms with Gasteiger partial charge in [0.25, 0.3) is 5.91 Å². The van der Waals surface area contributed by atoms with Crippen molar-refractivity contribution in [1.82, 2.24) is 5.32 Å². The average molecular weight is 247 g/mol. The van der Waals surface area contributed by atoms with Gasteiger partial charge in [0.1, 0.15) is 11.5 Å². The van der Waals surface area contributed by atoms with E-state index in [0.29, 0.717) is 12.2 Å². The Bertz CT molecular complexity index is 463. The van der Waals surface area contributed by atoms with Gasteiger partial charge in [-0.3, -0.25) is 4.79 Å². The van der Waals surface area contributed by atoms with Crippen LogP contribution in [0.5, 0.6) is 11.5 Å². The number of methoxy groups -OCH3 is 1. The van der Waals surface area contributed by atoms with E-state index in [1.807, 2.05) is 6.92 Å². The maximum atomic E-state index is 12.0. The molecule has 1 rings (SSSR count). The summed E-state index contributed by atoms with van der Waals surface area (Å²) in [6.45, 7) is 1.99. The van der Waals surface area contributed by atoms with Crippen LogP contribution >= 0.6 is 0 Å². The molecule has 0 aliphatic rings. The lowest BCUT2D eigenvalue weighted by Gasteiger charge is -2.13. The minimum atomic E-state index is -0.400. The largest absolute Gasteiger partial charge is 0.507 e. The average Bonchev–Trinajstić information content (AvgIpc) is 2.38.